The number of benzene rings is 6. The molecule has 6 rings (SSSR count). The molecule has 0 aliphatic rings. The van der Waals surface area contributed by atoms with Gasteiger partial charge in [-0.1, -0.05) is 0 Å². The standard InChI is InChI=1S/C20H16P.3C6H5.Sn/c1-17(18-11-5-2-6-12-18)21(19-13-7-3-8-14-19)20-15-9-4-10-16-20;3*1-2-4-6-5-3-1;/h1-16H;3*1-5H;. The van der Waals surface area contributed by atoms with Crippen LogP contribution < -0.4 is 21.3 Å². The average molecular weight is 637 g/mol. The number of hydrogen-bond acceptors (Lipinski definition) is 0. The van der Waals surface area contributed by atoms with Gasteiger partial charge in [-0.05, 0) is 0 Å². The van der Waals surface area contributed by atoms with E-state index in [0.29, 0.717) is 0 Å². The molecule has 0 amide bonds. The summed E-state index contributed by atoms with van der Waals surface area (Å²) in [6.45, 7) is 0. The molecular formula is C38H31PSn. The molecule has 0 saturated carbocycles. The molecule has 0 N–H and O–H groups in total. The zero-order valence-electron chi connectivity index (χ0n) is 22.3. The topological polar surface area (TPSA) is 0 Å². The van der Waals surface area contributed by atoms with Crippen molar-refractivity contribution in [1.82, 2.24) is 0 Å². The van der Waals surface area contributed by atoms with Gasteiger partial charge in [-0.3, -0.25) is 0 Å². The van der Waals surface area contributed by atoms with Crippen LogP contribution in [0.2, 0.25) is 0 Å². The molecular weight excluding hydrogens is 606 g/mol. The van der Waals surface area contributed by atoms with E-state index in [1.165, 1.54) is 32.2 Å². The van der Waals surface area contributed by atoms with Crippen LogP contribution in [0.1, 0.15) is 5.56 Å². The van der Waals surface area contributed by atoms with Gasteiger partial charge >= 0.3 is 245 Å². The molecule has 0 bridgehead atoms. The Hall–Kier alpha value is -3.71. The first-order valence-corrected chi connectivity index (χ1v) is 21.0. The van der Waals surface area contributed by atoms with Crippen LogP contribution in [0.4, 0.5) is 0 Å². The maximum atomic E-state index is 2.77. The molecule has 6 aromatic carbocycles. The summed E-state index contributed by atoms with van der Waals surface area (Å²) in [6.07, 6.45) is 0. The minimum absolute atomic E-state index is 0.812. The fourth-order valence-electron chi connectivity index (χ4n) is 5.53. The normalized spacial score (nSPS) is 11.9. The molecule has 0 aliphatic heterocycles. The van der Waals surface area contributed by atoms with Crippen molar-refractivity contribution < 1.29 is 0 Å². The SMILES string of the molecule is [CH](=C(c1ccccc1)P(c1ccccc1)c1ccccc1)[Sn]([c]1ccccc1)([c]1ccccc1)[c]1ccccc1. The molecule has 0 aromatic heterocycles. The van der Waals surface area contributed by atoms with Gasteiger partial charge in [0.15, 0.2) is 0 Å². The van der Waals surface area contributed by atoms with Crippen LogP contribution >= 0.6 is 7.92 Å². The van der Waals surface area contributed by atoms with Crippen LogP contribution in [0.15, 0.2) is 186 Å². The van der Waals surface area contributed by atoms with Crippen LogP contribution in [0, 0.1) is 0 Å². The fourth-order valence-corrected chi connectivity index (χ4v) is 22.3. The Bertz CT molecular complexity index is 1510. The zero-order chi connectivity index (χ0) is 27.0. The van der Waals surface area contributed by atoms with Crippen molar-refractivity contribution in [2.75, 3.05) is 0 Å². The Morgan fingerprint density at radius 2 is 0.675 bits per heavy atom. The monoisotopic (exact) mass is 638 g/mol. The summed E-state index contributed by atoms with van der Waals surface area (Å²) in [6, 6.07) is 67.1. The second kappa shape index (κ2) is 12.6. The molecule has 192 valence electrons. The Morgan fingerprint density at radius 1 is 0.375 bits per heavy atom. The van der Waals surface area contributed by atoms with Crippen molar-refractivity contribution in [2.24, 2.45) is 0 Å². The summed E-state index contributed by atoms with van der Waals surface area (Å²) in [4.78, 5) is 0. The summed E-state index contributed by atoms with van der Waals surface area (Å²) in [5.41, 5.74) is 1.30. The van der Waals surface area contributed by atoms with E-state index in [4.69, 9.17) is 0 Å². The molecule has 40 heavy (non-hydrogen) atoms. The van der Waals surface area contributed by atoms with E-state index >= 15 is 0 Å². The van der Waals surface area contributed by atoms with Crippen molar-refractivity contribution in [3.8, 4) is 0 Å². The fraction of sp³-hybridized carbons (Fsp3) is 0. The second-order valence-corrected chi connectivity index (χ2v) is 22.4. The van der Waals surface area contributed by atoms with E-state index in [9.17, 15) is 0 Å². The molecule has 0 aliphatic carbocycles. The predicted molar refractivity (Wildman–Crippen MR) is 177 cm³/mol. The molecule has 0 atom stereocenters. The first kappa shape index (κ1) is 26.5. The summed E-state index contributed by atoms with van der Waals surface area (Å²) in [7, 11) is -0.812. The summed E-state index contributed by atoms with van der Waals surface area (Å²) >= 11 is -3.74. The van der Waals surface area contributed by atoms with Gasteiger partial charge in [-0.25, -0.2) is 0 Å². The molecule has 0 radical (unpaired) electrons. The van der Waals surface area contributed by atoms with Crippen molar-refractivity contribution in [1.29, 1.82) is 0 Å². The number of rotatable bonds is 8. The quantitative estimate of drug-likeness (QED) is 0.126. The van der Waals surface area contributed by atoms with Gasteiger partial charge in [0.1, 0.15) is 0 Å². The van der Waals surface area contributed by atoms with Gasteiger partial charge in [-0.2, -0.15) is 0 Å². The van der Waals surface area contributed by atoms with Gasteiger partial charge in [-0.15, -0.1) is 0 Å². The van der Waals surface area contributed by atoms with Crippen molar-refractivity contribution in [3.63, 3.8) is 0 Å². The Balaban J connectivity index is 1.75. The summed E-state index contributed by atoms with van der Waals surface area (Å²) in [5.74, 6) is 0. The van der Waals surface area contributed by atoms with E-state index in [0.717, 1.165) is 0 Å². The van der Waals surface area contributed by atoms with E-state index < -0.39 is 26.3 Å². The molecule has 0 fully saturated rings. The van der Waals surface area contributed by atoms with Gasteiger partial charge in [0, 0.05) is 0 Å². The molecule has 2 heteroatoms. The molecule has 0 saturated heterocycles. The first-order valence-electron chi connectivity index (χ1n) is 13.7. The second-order valence-electron chi connectivity index (χ2n) is 9.81. The Labute approximate surface area is 243 Å². The Morgan fingerprint density at radius 3 is 1.02 bits per heavy atom. The van der Waals surface area contributed by atoms with Crippen molar-refractivity contribution in [2.45, 2.75) is 0 Å². The minimum atomic E-state index is -3.74. The van der Waals surface area contributed by atoms with E-state index in [2.05, 4.69) is 186 Å². The summed E-state index contributed by atoms with van der Waals surface area (Å²) in [5, 5.41) is 4.17. The van der Waals surface area contributed by atoms with Gasteiger partial charge in [0.2, 0.25) is 0 Å². The third kappa shape index (κ3) is 5.48. The zero-order valence-corrected chi connectivity index (χ0v) is 26.1. The van der Waals surface area contributed by atoms with Crippen molar-refractivity contribution >= 4 is 53.0 Å². The van der Waals surface area contributed by atoms with Crippen molar-refractivity contribution in [3.05, 3.63) is 192 Å². The van der Waals surface area contributed by atoms with Crippen LogP contribution in [-0.4, -0.2) is 18.4 Å². The van der Waals surface area contributed by atoms with Crippen LogP contribution in [0.25, 0.3) is 5.31 Å². The van der Waals surface area contributed by atoms with Gasteiger partial charge in [0.05, 0.1) is 0 Å². The van der Waals surface area contributed by atoms with E-state index in [1.807, 2.05) is 0 Å². The van der Waals surface area contributed by atoms with Gasteiger partial charge in [0.25, 0.3) is 0 Å². The van der Waals surface area contributed by atoms with Crippen LogP contribution in [0.5, 0.6) is 0 Å². The molecule has 0 unspecified atom stereocenters. The Kier molecular flexibility index (Phi) is 8.38. The first-order chi connectivity index (χ1) is 19.9. The number of hydrogen-bond donors (Lipinski definition) is 0. The third-order valence-electron chi connectivity index (χ3n) is 7.38. The molecule has 0 heterocycles. The van der Waals surface area contributed by atoms with E-state index in [1.54, 1.807) is 0 Å². The maximum absolute atomic E-state index is 3.74. The molecule has 0 spiro atoms. The molecule has 0 nitrogen and oxygen atoms in total. The van der Waals surface area contributed by atoms with E-state index in [-0.39, 0.29) is 0 Å². The van der Waals surface area contributed by atoms with Gasteiger partial charge < -0.3 is 0 Å². The average Bonchev–Trinajstić information content (AvgIpc) is 3.06. The third-order valence-corrected chi connectivity index (χ3v) is 23.3. The van der Waals surface area contributed by atoms with Crippen LogP contribution in [-0.2, 0) is 0 Å². The summed E-state index contributed by atoms with van der Waals surface area (Å²) < 4.78 is 7.14. The van der Waals surface area contributed by atoms with Crippen LogP contribution in [0.3, 0.4) is 0 Å². The molecule has 6 aromatic rings. The predicted octanol–water partition coefficient (Wildman–Crippen LogP) is 6.87.